The molecule has 0 atom stereocenters. The van der Waals surface area contributed by atoms with Gasteiger partial charge in [0, 0.05) is 12.7 Å². The average molecular weight is 325 g/mol. The first-order chi connectivity index (χ1) is 11.4. The van der Waals surface area contributed by atoms with Crippen molar-refractivity contribution in [1.82, 2.24) is 15.6 Å². The van der Waals surface area contributed by atoms with E-state index < -0.39 is 5.41 Å². The Hall–Kier alpha value is -2.69. The van der Waals surface area contributed by atoms with Crippen LogP contribution in [0, 0.1) is 12.3 Å². The third-order valence-electron chi connectivity index (χ3n) is 3.87. The van der Waals surface area contributed by atoms with Gasteiger partial charge in [-0.05, 0) is 38.5 Å². The van der Waals surface area contributed by atoms with Crippen molar-refractivity contribution in [2.45, 2.75) is 33.9 Å². The van der Waals surface area contributed by atoms with Gasteiger partial charge in [0.25, 0.3) is 0 Å². The van der Waals surface area contributed by atoms with E-state index in [1.54, 1.807) is 20.0 Å². The molecule has 0 saturated carbocycles. The van der Waals surface area contributed by atoms with Crippen molar-refractivity contribution in [3.05, 3.63) is 65.5 Å². The smallest absolute Gasteiger partial charge is 0.235 e. The van der Waals surface area contributed by atoms with Crippen molar-refractivity contribution in [3.8, 4) is 0 Å². The summed E-state index contributed by atoms with van der Waals surface area (Å²) >= 11 is 0. The summed E-state index contributed by atoms with van der Waals surface area (Å²) in [5.41, 5.74) is 1.76. The van der Waals surface area contributed by atoms with Crippen molar-refractivity contribution in [2.75, 3.05) is 0 Å². The van der Waals surface area contributed by atoms with Gasteiger partial charge in [-0.15, -0.1) is 0 Å². The first-order valence-electron chi connectivity index (χ1n) is 7.91. The lowest BCUT2D eigenvalue weighted by Crippen LogP contribution is -2.47. The predicted octanol–water partition coefficient (Wildman–Crippen LogP) is 2.35. The standard InChI is InChI=1S/C19H23N3O2/c1-14-7-9-15(10-8-14)12-21-17(23)19(2,3)18(24)22-13-16-6-4-5-11-20-16/h4-11H,12-13H2,1-3H3,(H,21,23)(H,22,24). The van der Waals surface area contributed by atoms with Crippen LogP contribution >= 0.6 is 0 Å². The largest absolute Gasteiger partial charge is 0.351 e. The third kappa shape index (κ3) is 4.65. The molecule has 0 unspecified atom stereocenters. The minimum absolute atomic E-state index is 0.300. The Labute approximate surface area is 142 Å². The van der Waals surface area contributed by atoms with Crippen molar-refractivity contribution in [2.24, 2.45) is 5.41 Å². The second kappa shape index (κ2) is 7.73. The van der Waals surface area contributed by atoms with E-state index in [9.17, 15) is 9.59 Å². The number of amides is 2. The molecule has 5 nitrogen and oxygen atoms in total. The van der Waals surface area contributed by atoms with Gasteiger partial charge in [-0.3, -0.25) is 14.6 Å². The number of rotatable bonds is 6. The van der Waals surface area contributed by atoms with Gasteiger partial charge < -0.3 is 10.6 Å². The zero-order valence-corrected chi connectivity index (χ0v) is 14.3. The topological polar surface area (TPSA) is 71.1 Å². The summed E-state index contributed by atoms with van der Waals surface area (Å²) in [5, 5.41) is 5.59. The Morgan fingerprint density at radius 3 is 2.17 bits per heavy atom. The molecule has 2 rings (SSSR count). The van der Waals surface area contributed by atoms with Gasteiger partial charge in [0.05, 0.1) is 12.2 Å². The highest BCUT2D eigenvalue weighted by molar-refractivity contribution is 6.04. The summed E-state index contributed by atoms with van der Waals surface area (Å²) in [7, 11) is 0. The minimum atomic E-state index is -1.15. The summed E-state index contributed by atoms with van der Waals surface area (Å²) in [6.07, 6.45) is 1.67. The second-order valence-corrected chi connectivity index (χ2v) is 6.30. The molecule has 0 bridgehead atoms. The molecule has 0 aliphatic carbocycles. The van der Waals surface area contributed by atoms with E-state index in [1.165, 1.54) is 5.56 Å². The van der Waals surface area contributed by atoms with Crippen LogP contribution in [0.4, 0.5) is 0 Å². The van der Waals surface area contributed by atoms with E-state index in [4.69, 9.17) is 0 Å². The fourth-order valence-electron chi connectivity index (χ4n) is 2.11. The minimum Gasteiger partial charge on any atom is -0.351 e. The van der Waals surface area contributed by atoms with Gasteiger partial charge in [0.2, 0.25) is 11.8 Å². The van der Waals surface area contributed by atoms with E-state index in [1.807, 2.05) is 49.4 Å². The molecule has 2 aromatic rings. The Bertz CT molecular complexity index is 694. The maximum Gasteiger partial charge on any atom is 0.235 e. The summed E-state index contributed by atoms with van der Waals surface area (Å²) in [6.45, 7) is 5.94. The average Bonchev–Trinajstić information content (AvgIpc) is 2.59. The van der Waals surface area contributed by atoms with Crippen LogP contribution in [0.3, 0.4) is 0 Å². The van der Waals surface area contributed by atoms with Gasteiger partial charge in [0.1, 0.15) is 5.41 Å². The van der Waals surface area contributed by atoms with E-state index in [0.717, 1.165) is 11.3 Å². The molecule has 0 fully saturated rings. The summed E-state index contributed by atoms with van der Waals surface area (Å²) < 4.78 is 0. The normalized spacial score (nSPS) is 11.0. The predicted molar refractivity (Wildman–Crippen MR) is 92.9 cm³/mol. The highest BCUT2D eigenvalue weighted by atomic mass is 16.2. The molecule has 2 amide bonds. The first kappa shape index (κ1) is 17.7. The van der Waals surface area contributed by atoms with E-state index in [-0.39, 0.29) is 11.8 Å². The monoisotopic (exact) mass is 325 g/mol. The molecule has 0 saturated heterocycles. The summed E-state index contributed by atoms with van der Waals surface area (Å²) in [6, 6.07) is 13.4. The number of nitrogens with one attached hydrogen (secondary N) is 2. The van der Waals surface area contributed by atoms with Gasteiger partial charge in [-0.1, -0.05) is 35.9 Å². The lowest BCUT2D eigenvalue weighted by Gasteiger charge is -2.22. The number of aryl methyl sites for hydroxylation is 1. The van der Waals surface area contributed by atoms with E-state index in [2.05, 4.69) is 15.6 Å². The van der Waals surface area contributed by atoms with Crippen LogP contribution in [0.1, 0.15) is 30.7 Å². The maximum absolute atomic E-state index is 12.4. The SMILES string of the molecule is Cc1ccc(CNC(=O)C(C)(C)C(=O)NCc2ccccn2)cc1. The van der Waals surface area contributed by atoms with Crippen LogP contribution < -0.4 is 10.6 Å². The van der Waals surface area contributed by atoms with Crippen LogP contribution in [0.5, 0.6) is 0 Å². The number of pyridine rings is 1. The number of aromatic nitrogens is 1. The fourth-order valence-corrected chi connectivity index (χ4v) is 2.11. The molecular formula is C19H23N3O2. The Kier molecular flexibility index (Phi) is 5.68. The zero-order valence-electron chi connectivity index (χ0n) is 14.3. The van der Waals surface area contributed by atoms with Crippen molar-refractivity contribution in [3.63, 3.8) is 0 Å². The number of carbonyl (C=O) groups is 2. The van der Waals surface area contributed by atoms with Crippen LogP contribution in [0.2, 0.25) is 0 Å². The highest BCUT2D eigenvalue weighted by Crippen LogP contribution is 2.16. The molecule has 1 heterocycles. The van der Waals surface area contributed by atoms with Gasteiger partial charge >= 0.3 is 0 Å². The second-order valence-electron chi connectivity index (χ2n) is 6.30. The number of hydrogen-bond donors (Lipinski definition) is 2. The Morgan fingerprint density at radius 1 is 0.958 bits per heavy atom. The van der Waals surface area contributed by atoms with Crippen LogP contribution in [0.15, 0.2) is 48.7 Å². The lowest BCUT2D eigenvalue weighted by atomic mass is 9.91. The number of nitrogens with zero attached hydrogens (tertiary/aromatic N) is 1. The van der Waals surface area contributed by atoms with Crippen molar-refractivity contribution < 1.29 is 9.59 Å². The van der Waals surface area contributed by atoms with Crippen LogP contribution in [-0.4, -0.2) is 16.8 Å². The van der Waals surface area contributed by atoms with Crippen molar-refractivity contribution >= 4 is 11.8 Å². The van der Waals surface area contributed by atoms with Crippen LogP contribution in [0.25, 0.3) is 0 Å². The molecule has 0 radical (unpaired) electrons. The lowest BCUT2D eigenvalue weighted by molar-refractivity contribution is -0.141. The molecular weight excluding hydrogens is 302 g/mol. The van der Waals surface area contributed by atoms with E-state index in [0.29, 0.717) is 13.1 Å². The molecule has 1 aromatic heterocycles. The molecule has 1 aromatic carbocycles. The maximum atomic E-state index is 12.4. The molecule has 2 N–H and O–H groups in total. The van der Waals surface area contributed by atoms with Gasteiger partial charge in [0.15, 0.2) is 0 Å². The summed E-state index contributed by atoms with van der Waals surface area (Å²) in [4.78, 5) is 28.9. The number of carbonyl (C=O) groups excluding carboxylic acids is 2. The molecule has 24 heavy (non-hydrogen) atoms. The Morgan fingerprint density at radius 2 is 1.58 bits per heavy atom. The Balaban J connectivity index is 1.88. The van der Waals surface area contributed by atoms with Gasteiger partial charge in [-0.25, -0.2) is 0 Å². The van der Waals surface area contributed by atoms with Crippen LogP contribution in [-0.2, 0) is 22.7 Å². The number of benzene rings is 1. The fraction of sp³-hybridized carbons (Fsp3) is 0.316. The van der Waals surface area contributed by atoms with E-state index >= 15 is 0 Å². The highest BCUT2D eigenvalue weighted by Gasteiger charge is 2.35. The molecule has 0 aliphatic rings. The molecule has 0 spiro atoms. The molecule has 126 valence electrons. The first-order valence-corrected chi connectivity index (χ1v) is 7.91. The van der Waals surface area contributed by atoms with Gasteiger partial charge in [-0.2, -0.15) is 0 Å². The zero-order chi connectivity index (χ0) is 17.6. The molecule has 0 aliphatic heterocycles. The third-order valence-corrected chi connectivity index (χ3v) is 3.87. The quantitative estimate of drug-likeness (QED) is 0.801. The van der Waals surface area contributed by atoms with Crippen molar-refractivity contribution in [1.29, 1.82) is 0 Å². The number of hydrogen-bond acceptors (Lipinski definition) is 3. The summed E-state index contributed by atoms with van der Waals surface area (Å²) in [5.74, 6) is -0.629. The molecule has 5 heteroatoms.